The number of benzene rings is 3. The predicted molar refractivity (Wildman–Crippen MR) is 137 cm³/mol. The van der Waals surface area contributed by atoms with E-state index in [1.54, 1.807) is 11.8 Å². The molecule has 0 unspecified atom stereocenters. The lowest BCUT2D eigenvalue weighted by Gasteiger charge is -2.36. The molecule has 1 amide bonds. The van der Waals surface area contributed by atoms with Gasteiger partial charge in [-0.3, -0.25) is 4.79 Å². The number of aromatic nitrogens is 2. The van der Waals surface area contributed by atoms with Gasteiger partial charge >= 0.3 is 0 Å². The van der Waals surface area contributed by atoms with Crippen LogP contribution in [0.3, 0.4) is 0 Å². The SMILES string of the molecule is Cc1ccc(Nc2cccc3c2CCN(C(=O)C(C)(CO)CO)C3)cc1-c1nc2ccccc2[nH]1. The van der Waals surface area contributed by atoms with Gasteiger partial charge in [-0.25, -0.2) is 4.98 Å². The lowest BCUT2D eigenvalue weighted by molar-refractivity contribution is -0.147. The molecule has 4 aromatic rings. The van der Waals surface area contributed by atoms with Gasteiger partial charge in [0.05, 0.1) is 29.7 Å². The summed E-state index contributed by atoms with van der Waals surface area (Å²) >= 11 is 0. The number of para-hydroxylation sites is 2. The minimum Gasteiger partial charge on any atom is -0.395 e. The van der Waals surface area contributed by atoms with Crippen molar-refractivity contribution in [1.82, 2.24) is 14.9 Å². The molecule has 0 radical (unpaired) electrons. The molecule has 2 heterocycles. The van der Waals surface area contributed by atoms with E-state index < -0.39 is 5.41 Å². The third-order valence-corrected chi connectivity index (χ3v) is 6.93. The Hall–Kier alpha value is -3.68. The Morgan fingerprint density at radius 1 is 1.11 bits per heavy atom. The highest BCUT2D eigenvalue weighted by Crippen LogP contribution is 2.33. The summed E-state index contributed by atoms with van der Waals surface area (Å²) in [5.74, 6) is 0.618. The van der Waals surface area contributed by atoms with E-state index in [1.807, 2.05) is 36.4 Å². The van der Waals surface area contributed by atoms with Crippen LogP contribution in [0.2, 0.25) is 0 Å². The van der Waals surface area contributed by atoms with Gasteiger partial charge in [0, 0.05) is 30.0 Å². The van der Waals surface area contributed by atoms with Crippen LogP contribution in [0.15, 0.2) is 60.7 Å². The molecule has 0 bridgehead atoms. The molecule has 7 nitrogen and oxygen atoms in total. The summed E-state index contributed by atoms with van der Waals surface area (Å²) in [5, 5.41) is 22.8. The number of carbonyl (C=O) groups excluding carboxylic acids is 1. The number of amides is 1. The number of nitrogens with zero attached hydrogens (tertiary/aromatic N) is 2. The van der Waals surface area contributed by atoms with E-state index in [1.165, 1.54) is 5.56 Å². The second kappa shape index (κ2) is 9.17. The zero-order valence-corrected chi connectivity index (χ0v) is 20.0. The molecule has 4 N–H and O–H groups in total. The van der Waals surface area contributed by atoms with Gasteiger partial charge in [-0.2, -0.15) is 0 Å². The minimum absolute atomic E-state index is 0.222. The standard InChI is InChI=1S/C28H30N4O3/c1-18-10-11-20(14-22(18)26-30-24-7-3-4-8-25(24)31-26)29-23-9-5-6-19-15-32(13-12-21(19)23)27(35)28(2,16-33)17-34/h3-11,14,29,33-34H,12-13,15-17H2,1-2H3,(H,30,31). The van der Waals surface area contributed by atoms with Crippen LogP contribution in [0.25, 0.3) is 22.4 Å². The minimum atomic E-state index is -1.16. The molecule has 7 heteroatoms. The third-order valence-electron chi connectivity index (χ3n) is 6.93. The largest absolute Gasteiger partial charge is 0.395 e. The van der Waals surface area contributed by atoms with Gasteiger partial charge in [0.2, 0.25) is 5.91 Å². The normalized spacial score (nSPS) is 13.7. The number of carbonyl (C=O) groups is 1. The second-order valence-electron chi connectivity index (χ2n) is 9.55. The number of nitrogens with one attached hydrogen (secondary N) is 2. The molecule has 35 heavy (non-hydrogen) atoms. The number of hydrogen-bond donors (Lipinski definition) is 4. The number of aliphatic hydroxyl groups excluding tert-OH is 2. The van der Waals surface area contributed by atoms with Crippen LogP contribution in [0.1, 0.15) is 23.6 Å². The fourth-order valence-corrected chi connectivity index (χ4v) is 4.66. The Balaban J connectivity index is 1.41. The summed E-state index contributed by atoms with van der Waals surface area (Å²) in [6.45, 7) is 3.91. The number of fused-ring (bicyclic) bond motifs is 2. The lowest BCUT2D eigenvalue weighted by atomic mass is 9.89. The van der Waals surface area contributed by atoms with Crippen molar-refractivity contribution >= 4 is 28.3 Å². The van der Waals surface area contributed by atoms with Crippen LogP contribution >= 0.6 is 0 Å². The number of anilines is 2. The third kappa shape index (κ3) is 4.29. The smallest absolute Gasteiger partial charge is 0.233 e. The van der Waals surface area contributed by atoms with Gasteiger partial charge in [-0.05, 0) is 67.3 Å². The number of aliphatic hydroxyl groups is 2. The fourth-order valence-electron chi connectivity index (χ4n) is 4.66. The van der Waals surface area contributed by atoms with Crippen LogP contribution < -0.4 is 5.32 Å². The molecule has 0 fully saturated rings. The van der Waals surface area contributed by atoms with Crippen molar-refractivity contribution in [3.05, 3.63) is 77.4 Å². The van der Waals surface area contributed by atoms with E-state index in [2.05, 4.69) is 41.5 Å². The highest BCUT2D eigenvalue weighted by atomic mass is 16.3. The van der Waals surface area contributed by atoms with Crippen LogP contribution in [-0.4, -0.2) is 50.7 Å². The van der Waals surface area contributed by atoms with Crippen LogP contribution in [0, 0.1) is 12.3 Å². The zero-order valence-electron chi connectivity index (χ0n) is 20.0. The first-order valence-corrected chi connectivity index (χ1v) is 11.9. The molecule has 180 valence electrons. The summed E-state index contributed by atoms with van der Waals surface area (Å²) in [7, 11) is 0. The van der Waals surface area contributed by atoms with Crippen molar-refractivity contribution in [2.24, 2.45) is 5.41 Å². The molecule has 1 aromatic heterocycles. The molecule has 1 aliphatic rings. The number of rotatable bonds is 6. The monoisotopic (exact) mass is 470 g/mol. The highest BCUT2D eigenvalue weighted by Gasteiger charge is 2.37. The average molecular weight is 471 g/mol. The average Bonchev–Trinajstić information content (AvgIpc) is 3.33. The van der Waals surface area contributed by atoms with E-state index in [-0.39, 0.29) is 19.1 Å². The Morgan fingerprint density at radius 3 is 2.69 bits per heavy atom. The fraction of sp³-hybridized carbons (Fsp3) is 0.286. The van der Waals surface area contributed by atoms with Crippen LogP contribution in [-0.2, 0) is 17.8 Å². The van der Waals surface area contributed by atoms with Crippen LogP contribution in [0.5, 0.6) is 0 Å². The number of imidazole rings is 1. The van der Waals surface area contributed by atoms with Gasteiger partial charge in [-0.1, -0.05) is 30.3 Å². The Morgan fingerprint density at radius 2 is 1.91 bits per heavy atom. The first-order valence-electron chi connectivity index (χ1n) is 11.9. The first kappa shape index (κ1) is 23.1. The molecule has 3 aromatic carbocycles. The molecular weight excluding hydrogens is 440 g/mol. The molecule has 0 aliphatic carbocycles. The van der Waals surface area contributed by atoms with Crippen LogP contribution in [0.4, 0.5) is 11.4 Å². The summed E-state index contributed by atoms with van der Waals surface area (Å²) < 4.78 is 0. The summed E-state index contributed by atoms with van der Waals surface area (Å²) in [6, 6.07) is 20.3. The quantitative estimate of drug-likeness (QED) is 0.339. The van der Waals surface area contributed by atoms with Crippen molar-refractivity contribution in [2.75, 3.05) is 25.1 Å². The van der Waals surface area contributed by atoms with Gasteiger partial charge < -0.3 is 25.4 Å². The van der Waals surface area contributed by atoms with E-state index >= 15 is 0 Å². The Bertz CT molecular complexity index is 1360. The molecule has 0 saturated carbocycles. The Kier molecular flexibility index (Phi) is 6.05. The van der Waals surface area contributed by atoms with E-state index in [4.69, 9.17) is 4.98 Å². The maximum atomic E-state index is 12.9. The molecular formula is C28H30N4O3. The maximum absolute atomic E-state index is 12.9. The van der Waals surface area contributed by atoms with Gasteiger partial charge in [0.15, 0.2) is 0 Å². The van der Waals surface area contributed by atoms with Crippen molar-refractivity contribution in [1.29, 1.82) is 0 Å². The van der Waals surface area contributed by atoms with Crippen molar-refractivity contribution in [3.8, 4) is 11.4 Å². The van der Waals surface area contributed by atoms with Crippen molar-refractivity contribution in [2.45, 2.75) is 26.8 Å². The highest BCUT2D eigenvalue weighted by molar-refractivity contribution is 5.83. The zero-order chi connectivity index (χ0) is 24.6. The van der Waals surface area contributed by atoms with Gasteiger partial charge in [-0.15, -0.1) is 0 Å². The van der Waals surface area contributed by atoms with E-state index in [0.717, 1.165) is 44.9 Å². The molecule has 5 rings (SSSR count). The summed E-state index contributed by atoms with van der Waals surface area (Å²) in [6.07, 6.45) is 0.694. The van der Waals surface area contributed by atoms with Crippen molar-refractivity contribution < 1.29 is 15.0 Å². The second-order valence-corrected chi connectivity index (χ2v) is 9.55. The van der Waals surface area contributed by atoms with Gasteiger partial charge in [0.25, 0.3) is 0 Å². The van der Waals surface area contributed by atoms with Crippen molar-refractivity contribution in [3.63, 3.8) is 0 Å². The molecule has 0 spiro atoms. The summed E-state index contributed by atoms with van der Waals surface area (Å²) in [5.41, 5.74) is 7.18. The van der Waals surface area contributed by atoms with E-state index in [9.17, 15) is 15.0 Å². The predicted octanol–water partition coefficient (Wildman–Crippen LogP) is 4.16. The number of hydrogen-bond acceptors (Lipinski definition) is 5. The number of aryl methyl sites for hydroxylation is 1. The molecule has 0 saturated heterocycles. The molecule has 1 aliphatic heterocycles. The Labute approximate surface area is 204 Å². The lowest BCUT2D eigenvalue weighted by Crippen LogP contribution is -2.48. The number of H-pyrrole nitrogens is 1. The maximum Gasteiger partial charge on any atom is 0.233 e. The number of aromatic amines is 1. The topological polar surface area (TPSA) is 101 Å². The summed E-state index contributed by atoms with van der Waals surface area (Å²) in [4.78, 5) is 22.8. The first-order chi connectivity index (χ1) is 16.9. The van der Waals surface area contributed by atoms with Gasteiger partial charge in [0.1, 0.15) is 5.82 Å². The molecule has 0 atom stereocenters. The van der Waals surface area contributed by atoms with E-state index in [0.29, 0.717) is 19.5 Å².